The molecule has 1 aromatic carbocycles. The molecule has 18 heavy (non-hydrogen) atoms. The van der Waals surface area contributed by atoms with Crippen molar-refractivity contribution in [2.24, 2.45) is 0 Å². The fourth-order valence-electron chi connectivity index (χ4n) is 2.22. The summed E-state index contributed by atoms with van der Waals surface area (Å²) >= 11 is 0. The summed E-state index contributed by atoms with van der Waals surface area (Å²) in [7, 11) is 0. The van der Waals surface area contributed by atoms with Gasteiger partial charge in [0.2, 0.25) is 0 Å². The van der Waals surface area contributed by atoms with Crippen LogP contribution in [0.3, 0.4) is 0 Å². The standard InChI is InChI=1S/C16H21NO/c1-5-13-10-12(4)11-14(6-2)16(13)15(8-9-17)18-7-3/h8,10-11H,5-7H2,1-4H3/b15-8-. The molecule has 0 N–H and O–H groups in total. The summed E-state index contributed by atoms with van der Waals surface area (Å²) in [5.41, 5.74) is 4.87. The minimum atomic E-state index is 0.577. The van der Waals surface area contributed by atoms with Crippen LogP contribution in [0.25, 0.3) is 5.76 Å². The van der Waals surface area contributed by atoms with Crippen molar-refractivity contribution in [3.05, 3.63) is 40.5 Å². The van der Waals surface area contributed by atoms with Crippen molar-refractivity contribution >= 4 is 5.76 Å². The molecule has 0 heterocycles. The maximum absolute atomic E-state index is 8.90. The molecule has 2 nitrogen and oxygen atoms in total. The van der Waals surface area contributed by atoms with E-state index in [0.717, 1.165) is 18.4 Å². The predicted molar refractivity (Wildman–Crippen MR) is 75.2 cm³/mol. The molecule has 0 aliphatic rings. The van der Waals surface area contributed by atoms with E-state index in [1.54, 1.807) is 0 Å². The third kappa shape index (κ3) is 3.13. The normalized spacial score (nSPS) is 11.2. The first kappa shape index (κ1) is 14.3. The van der Waals surface area contributed by atoms with Gasteiger partial charge in [0.05, 0.1) is 18.8 Å². The van der Waals surface area contributed by atoms with E-state index in [0.29, 0.717) is 12.4 Å². The topological polar surface area (TPSA) is 33.0 Å². The minimum Gasteiger partial charge on any atom is -0.492 e. The van der Waals surface area contributed by atoms with Gasteiger partial charge in [-0.2, -0.15) is 5.26 Å². The van der Waals surface area contributed by atoms with Crippen LogP contribution in [0.15, 0.2) is 18.2 Å². The van der Waals surface area contributed by atoms with E-state index in [1.165, 1.54) is 22.8 Å². The first-order valence-corrected chi connectivity index (χ1v) is 6.53. The van der Waals surface area contributed by atoms with Crippen LogP contribution >= 0.6 is 0 Å². The van der Waals surface area contributed by atoms with Crippen LogP contribution in [0.2, 0.25) is 0 Å². The van der Waals surface area contributed by atoms with Crippen molar-refractivity contribution in [3.8, 4) is 6.07 Å². The lowest BCUT2D eigenvalue weighted by atomic mass is 9.93. The Balaban J connectivity index is 3.44. The van der Waals surface area contributed by atoms with Crippen molar-refractivity contribution in [3.63, 3.8) is 0 Å². The second kappa shape index (κ2) is 6.86. The highest BCUT2D eigenvalue weighted by atomic mass is 16.5. The average Bonchev–Trinajstić information content (AvgIpc) is 2.37. The van der Waals surface area contributed by atoms with Gasteiger partial charge < -0.3 is 4.74 Å². The number of hydrogen-bond donors (Lipinski definition) is 0. The first-order valence-electron chi connectivity index (χ1n) is 6.53. The van der Waals surface area contributed by atoms with Gasteiger partial charge in [-0.05, 0) is 37.8 Å². The van der Waals surface area contributed by atoms with Gasteiger partial charge in [0.1, 0.15) is 5.76 Å². The zero-order valence-corrected chi connectivity index (χ0v) is 11.7. The van der Waals surface area contributed by atoms with Gasteiger partial charge in [-0.1, -0.05) is 31.5 Å². The Morgan fingerprint density at radius 3 is 2.17 bits per heavy atom. The molecule has 0 saturated carbocycles. The number of nitriles is 1. The zero-order valence-electron chi connectivity index (χ0n) is 11.7. The molecular formula is C16H21NO. The number of nitrogens with zero attached hydrogens (tertiary/aromatic N) is 1. The molecule has 0 amide bonds. The van der Waals surface area contributed by atoms with Crippen LogP contribution in [-0.2, 0) is 17.6 Å². The summed E-state index contributed by atoms with van der Waals surface area (Å²) in [4.78, 5) is 0. The third-order valence-corrected chi connectivity index (χ3v) is 2.95. The van der Waals surface area contributed by atoms with Crippen LogP contribution in [0.1, 0.15) is 43.0 Å². The Hall–Kier alpha value is -1.75. The Labute approximate surface area is 110 Å². The summed E-state index contributed by atoms with van der Waals surface area (Å²) in [5, 5.41) is 8.90. The van der Waals surface area contributed by atoms with Gasteiger partial charge in [0.15, 0.2) is 0 Å². The maximum Gasteiger partial charge on any atom is 0.137 e. The van der Waals surface area contributed by atoms with Crippen molar-refractivity contribution in [1.29, 1.82) is 5.26 Å². The van der Waals surface area contributed by atoms with Gasteiger partial charge >= 0.3 is 0 Å². The molecule has 0 radical (unpaired) electrons. The molecule has 96 valence electrons. The van der Waals surface area contributed by atoms with Crippen LogP contribution in [0.5, 0.6) is 0 Å². The summed E-state index contributed by atoms with van der Waals surface area (Å²) < 4.78 is 5.63. The molecular weight excluding hydrogens is 222 g/mol. The van der Waals surface area contributed by atoms with Crippen LogP contribution in [-0.4, -0.2) is 6.61 Å². The number of hydrogen-bond acceptors (Lipinski definition) is 2. The van der Waals surface area contributed by atoms with Crippen LogP contribution < -0.4 is 0 Å². The Morgan fingerprint density at radius 1 is 1.22 bits per heavy atom. The average molecular weight is 243 g/mol. The summed E-state index contributed by atoms with van der Waals surface area (Å²) in [5.74, 6) is 0.703. The molecule has 0 unspecified atom stereocenters. The van der Waals surface area contributed by atoms with Gasteiger partial charge in [0, 0.05) is 5.56 Å². The smallest absolute Gasteiger partial charge is 0.137 e. The molecule has 1 rings (SSSR count). The van der Waals surface area contributed by atoms with Crippen molar-refractivity contribution in [2.75, 3.05) is 6.61 Å². The van der Waals surface area contributed by atoms with Gasteiger partial charge in [-0.25, -0.2) is 0 Å². The van der Waals surface area contributed by atoms with Gasteiger partial charge in [0.25, 0.3) is 0 Å². The van der Waals surface area contributed by atoms with E-state index in [1.807, 2.05) is 6.92 Å². The second-order valence-electron chi connectivity index (χ2n) is 4.24. The molecule has 0 saturated heterocycles. The van der Waals surface area contributed by atoms with Gasteiger partial charge in [-0.3, -0.25) is 0 Å². The monoisotopic (exact) mass is 243 g/mol. The molecule has 0 atom stereocenters. The van der Waals surface area contributed by atoms with E-state index in [4.69, 9.17) is 10.00 Å². The van der Waals surface area contributed by atoms with Gasteiger partial charge in [-0.15, -0.1) is 0 Å². The van der Waals surface area contributed by atoms with Crippen LogP contribution in [0.4, 0.5) is 0 Å². The molecule has 0 aromatic heterocycles. The number of rotatable bonds is 5. The summed E-state index contributed by atoms with van der Waals surface area (Å²) in [6, 6.07) is 6.44. The van der Waals surface area contributed by atoms with Crippen LogP contribution in [0, 0.1) is 18.3 Å². The lowest BCUT2D eigenvalue weighted by Crippen LogP contribution is -2.02. The first-order chi connectivity index (χ1) is 8.67. The van der Waals surface area contributed by atoms with E-state index >= 15 is 0 Å². The molecule has 0 spiro atoms. The van der Waals surface area contributed by atoms with Crippen molar-refractivity contribution < 1.29 is 4.74 Å². The second-order valence-corrected chi connectivity index (χ2v) is 4.24. The van der Waals surface area contributed by atoms with E-state index < -0.39 is 0 Å². The largest absolute Gasteiger partial charge is 0.492 e. The molecule has 0 bridgehead atoms. The highest BCUT2D eigenvalue weighted by molar-refractivity contribution is 5.68. The van der Waals surface area contributed by atoms with E-state index in [-0.39, 0.29) is 0 Å². The zero-order chi connectivity index (χ0) is 13.5. The Kier molecular flexibility index (Phi) is 5.45. The van der Waals surface area contributed by atoms with Crippen molar-refractivity contribution in [1.82, 2.24) is 0 Å². The lowest BCUT2D eigenvalue weighted by molar-refractivity contribution is 0.297. The van der Waals surface area contributed by atoms with Crippen molar-refractivity contribution in [2.45, 2.75) is 40.5 Å². The number of allylic oxidation sites excluding steroid dienone is 1. The summed E-state index contributed by atoms with van der Waals surface area (Å²) in [6.45, 7) is 8.89. The lowest BCUT2D eigenvalue weighted by Gasteiger charge is -2.17. The SMILES string of the molecule is CCO/C(=C\C#N)c1c(CC)cc(C)cc1CC. The molecule has 0 aliphatic carbocycles. The maximum atomic E-state index is 8.90. The molecule has 0 aliphatic heterocycles. The fraction of sp³-hybridized carbons (Fsp3) is 0.438. The number of aryl methyl sites for hydroxylation is 3. The minimum absolute atomic E-state index is 0.577. The highest BCUT2D eigenvalue weighted by Crippen LogP contribution is 2.27. The Morgan fingerprint density at radius 2 is 1.78 bits per heavy atom. The van der Waals surface area contributed by atoms with E-state index in [9.17, 15) is 0 Å². The molecule has 2 heteroatoms. The quantitative estimate of drug-likeness (QED) is 0.578. The third-order valence-electron chi connectivity index (χ3n) is 2.95. The fourth-order valence-corrected chi connectivity index (χ4v) is 2.22. The molecule has 0 fully saturated rings. The van der Waals surface area contributed by atoms with E-state index in [2.05, 4.69) is 39.0 Å². The Bertz CT molecular complexity index is 455. The highest BCUT2D eigenvalue weighted by Gasteiger charge is 2.13. The number of benzene rings is 1. The summed E-state index contributed by atoms with van der Waals surface area (Å²) in [6.07, 6.45) is 3.40. The predicted octanol–water partition coefficient (Wildman–Crippen LogP) is 4.02. The molecule has 1 aromatic rings. The number of ether oxygens (including phenoxy) is 1.